The van der Waals surface area contributed by atoms with E-state index in [-0.39, 0.29) is 36.0 Å². The number of likely N-dealkylation sites (tertiary alicyclic amines) is 2. The predicted octanol–water partition coefficient (Wildman–Crippen LogP) is 7.03. The predicted molar refractivity (Wildman–Crippen MR) is 210 cm³/mol. The molecule has 4 atom stereocenters. The normalized spacial score (nSPS) is 24.4. The van der Waals surface area contributed by atoms with Crippen molar-refractivity contribution in [2.45, 2.75) is 114 Å². The molecule has 6 rings (SSSR count). The zero-order valence-electron chi connectivity index (χ0n) is 31.5. The highest BCUT2D eigenvalue weighted by Crippen LogP contribution is 2.32. The number of ether oxygens (including phenoxy) is 2. The van der Waals surface area contributed by atoms with Gasteiger partial charge in [-0.2, -0.15) is 0 Å². The highest BCUT2D eigenvalue weighted by Gasteiger charge is 2.45. The van der Waals surface area contributed by atoms with Crippen LogP contribution in [0.4, 0.5) is 0 Å². The molecule has 4 unspecified atom stereocenters. The number of hydrogen-bond acceptors (Lipinski definition) is 8. The quantitative estimate of drug-likeness (QED) is 0.167. The van der Waals surface area contributed by atoms with Gasteiger partial charge in [0.15, 0.2) is 0 Å². The zero-order chi connectivity index (χ0) is 38.2. The summed E-state index contributed by atoms with van der Waals surface area (Å²) in [6.45, 7) is 7.73. The van der Waals surface area contributed by atoms with Gasteiger partial charge in [0.2, 0.25) is 0 Å². The van der Waals surface area contributed by atoms with E-state index in [9.17, 15) is 19.2 Å². The Kier molecular flexibility index (Phi) is 14.1. The van der Waals surface area contributed by atoms with Crippen LogP contribution in [0.25, 0.3) is 0 Å². The van der Waals surface area contributed by atoms with Crippen molar-refractivity contribution in [2.24, 2.45) is 0 Å². The molecule has 0 bridgehead atoms. The van der Waals surface area contributed by atoms with E-state index in [2.05, 4.69) is 23.6 Å². The second-order valence-corrected chi connectivity index (χ2v) is 16.0. The van der Waals surface area contributed by atoms with Crippen LogP contribution in [0, 0.1) is 0 Å². The van der Waals surface area contributed by atoms with E-state index in [1.54, 1.807) is 48.5 Å². The largest absolute Gasteiger partial charge is 0.456 e. The molecule has 2 aliphatic carbocycles. The topological polar surface area (TPSA) is 99.7 Å². The molecule has 10 nitrogen and oxygen atoms in total. The molecule has 292 valence electrons. The summed E-state index contributed by atoms with van der Waals surface area (Å²) in [6, 6.07) is 13.3. The summed E-state index contributed by atoms with van der Waals surface area (Å²) in [7, 11) is 0. The van der Waals surface area contributed by atoms with Crippen LogP contribution < -0.4 is 0 Å². The summed E-state index contributed by atoms with van der Waals surface area (Å²) in [6.07, 6.45) is 11.1. The Balaban J connectivity index is 1.15. The fourth-order valence-electron chi connectivity index (χ4n) is 8.84. The van der Waals surface area contributed by atoms with Crippen molar-refractivity contribution in [3.8, 4) is 0 Å². The van der Waals surface area contributed by atoms with Gasteiger partial charge < -0.3 is 19.3 Å². The number of carbonyl (C=O) groups excluding carboxylic acids is 4. The van der Waals surface area contributed by atoms with Gasteiger partial charge in [-0.3, -0.25) is 19.4 Å². The average molecular weight is 782 g/mol. The van der Waals surface area contributed by atoms with Crippen LogP contribution >= 0.6 is 23.2 Å². The molecule has 4 fully saturated rings. The molecule has 2 heterocycles. The monoisotopic (exact) mass is 780 g/mol. The van der Waals surface area contributed by atoms with E-state index in [0.29, 0.717) is 47.4 Å². The van der Waals surface area contributed by atoms with Crippen molar-refractivity contribution >= 4 is 47.0 Å². The molecule has 2 saturated carbocycles. The van der Waals surface area contributed by atoms with Gasteiger partial charge in [0.25, 0.3) is 11.8 Å². The molecule has 2 aliphatic heterocycles. The number of rotatable bonds is 12. The molecule has 0 spiro atoms. The zero-order valence-corrected chi connectivity index (χ0v) is 33.1. The van der Waals surface area contributed by atoms with Gasteiger partial charge in [-0.25, -0.2) is 9.59 Å². The highest BCUT2D eigenvalue weighted by molar-refractivity contribution is 6.31. The van der Waals surface area contributed by atoms with Crippen LogP contribution in [0.3, 0.4) is 0 Å². The Hall–Kier alpha value is -3.44. The molecule has 2 aromatic carbocycles. The second-order valence-electron chi connectivity index (χ2n) is 15.1. The van der Waals surface area contributed by atoms with Crippen molar-refractivity contribution in [1.29, 1.82) is 0 Å². The number of likely N-dealkylation sites (N-methyl/N-ethyl adjacent to an activating group) is 2. The van der Waals surface area contributed by atoms with Gasteiger partial charge >= 0.3 is 11.9 Å². The average Bonchev–Trinajstić information content (AvgIpc) is 3.78. The molecule has 0 aromatic heterocycles. The lowest BCUT2D eigenvalue weighted by atomic mass is 9.92. The minimum Gasteiger partial charge on any atom is -0.456 e. The van der Waals surface area contributed by atoms with Gasteiger partial charge in [-0.05, 0) is 87.3 Å². The minimum absolute atomic E-state index is 0.0391. The Labute approximate surface area is 329 Å². The molecular weight excluding hydrogens is 727 g/mol. The summed E-state index contributed by atoms with van der Waals surface area (Å²) in [4.78, 5) is 63.3. The van der Waals surface area contributed by atoms with Crippen molar-refractivity contribution in [3.63, 3.8) is 0 Å². The van der Waals surface area contributed by atoms with Crippen molar-refractivity contribution < 1.29 is 28.7 Å². The molecular formula is C42H54Cl2N4O6. The first kappa shape index (κ1) is 40.2. The van der Waals surface area contributed by atoms with Crippen LogP contribution in [0.15, 0.2) is 60.7 Å². The first-order valence-electron chi connectivity index (χ1n) is 19.9. The lowest BCUT2D eigenvalue weighted by Gasteiger charge is -2.40. The van der Waals surface area contributed by atoms with Gasteiger partial charge in [-0.1, -0.05) is 75.6 Å². The summed E-state index contributed by atoms with van der Waals surface area (Å²) in [5.74, 6) is -1.51. The lowest BCUT2D eigenvalue weighted by Crippen LogP contribution is -2.53. The van der Waals surface area contributed by atoms with Crippen LogP contribution in [0.5, 0.6) is 0 Å². The van der Waals surface area contributed by atoms with Crippen molar-refractivity contribution in [3.05, 3.63) is 81.9 Å². The molecule has 54 heavy (non-hydrogen) atoms. The maximum absolute atomic E-state index is 14.1. The molecule has 2 saturated heterocycles. The van der Waals surface area contributed by atoms with Crippen LogP contribution in [-0.4, -0.2) is 119 Å². The Morgan fingerprint density at radius 1 is 0.593 bits per heavy atom. The summed E-state index contributed by atoms with van der Waals surface area (Å²) < 4.78 is 12.1. The third-order valence-corrected chi connectivity index (χ3v) is 12.2. The molecule has 12 heteroatoms. The molecule has 2 amide bonds. The Morgan fingerprint density at radius 3 is 1.28 bits per heavy atom. The van der Waals surface area contributed by atoms with Crippen molar-refractivity contribution in [2.75, 3.05) is 39.3 Å². The first-order valence-corrected chi connectivity index (χ1v) is 20.6. The molecule has 0 radical (unpaired) electrons. The van der Waals surface area contributed by atoms with Crippen LogP contribution in [0.2, 0.25) is 10.0 Å². The highest BCUT2D eigenvalue weighted by atomic mass is 35.5. The SMILES string of the molecule is CCN1CC(OC(=O)/C=C/C(=O)OC2CN(CC)CC2N(C(=O)c2ccc(Cl)cc2)C2CCCCC2)C(N(C(=O)c2ccc(Cl)cc2)C2CCCCC2)C1. The van der Waals surface area contributed by atoms with E-state index in [1.165, 1.54) is 0 Å². The molecule has 0 N–H and O–H groups in total. The van der Waals surface area contributed by atoms with Crippen molar-refractivity contribution in [1.82, 2.24) is 19.6 Å². The maximum atomic E-state index is 14.1. The minimum atomic E-state index is -0.664. The van der Waals surface area contributed by atoms with E-state index >= 15 is 0 Å². The van der Waals surface area contributed by atoms with Gasteiger partial charge in [0.05, 0.1) is 12.1 Å². The van der Waals surface area contributed by atoms with Gasteiger partial charge in [-0.15, -0.1) is 0 Å². The second kappa shape index (κ2) is 18.9. The number of esters is 2. The third-order valence-electron chi connectivity index (χ3n) is 11.7. The third kappa shape index (κ3) is 9.86. The first-order chi connectivity index (χ1) is 26.1. The standard InChI is InChI=1S/C42H54Cl2N4O6/c1-3-45-25-35(47(33-11-7-5-8-12-33)41(51)29-15-19-31(43)20-16-29)37(27-45)53-39(49)23-24-40(50)54-38-28-46(4-2)26-36(38)48(34-13-9-6-10-14-34)42(52)30-17-21-32(44)22-18-30/h15-24,33-38H,3-14,25-28H2,1-2H3/b24-23+. The van der Waals surface area contributed by atoms with Gasteiger partial charge in [0.1, 0.15) is 12.2 Å². The molecule has 2 aromatic rings. The summed E-state index contributed by atoms with van der Waals surface area (Å²) in [5.41, 5.74) is 1.10. The van der Waals surface area contributed by atoms with E-state index in [1.807, 2.05) is 9.80 Å². The fraction of sp³-hybridized carbons (Fsp3) is 0.571. The smallest absolute Gasteiger partial charge is 0.331 e. The maximum Gasteiger partial charge on any atom is 0.331 e. The van der Waals surface area contributed by atoms with Crippen LogP contribution in [-0.2, 0) is 19.1 Å². The summed E-state index contributed by atoms with van der Waals surface area (Å²) in [5, 5.41) is 1.12. The van der Waals surface area contributed by atoms with E-state index in [0.717, 1.165) is 89.4 Å². The van der Waals surface area contributed by atoms with E-state index in [4.69, 9.17) is 32.7 Å². The molecule has 4 aliphatic rings. The summed E-state index contributed by atoms with van der Waals surface area (Å²) >= 11 is 12.3. The van der Waals surface area contributed by atoms with E-state index < -0.39 is 24.1 Å². The number of carbonyl (C=O) groups is 4. The Bertz CT molecular complexity index is 1510. The Morgan fingerprint density at radius 2 is 0.944 bits per heavy atom. The van der Waals surface area contributed by atoms with Gasteiger partial charge in [0, 0.05) is 71.6 Å². The number of amides is 2. The number of halogens is 2. The fourth-order valence-corrected chi connectivity index (χ4v) is 9.09. The number of hydrogen-bond donors (Lipinski definition) is 0. The number of benzene rings is 2. The van der Waals surface area contributed by atoms with Crippen LogP contribution in [0.1, 0.15) is 98.8 Å². The lowest BCUT2D eigenvalue weighted by molar-refractivity contribution is -0.147. The number of nitrogens with zero attached hydrogens (tertiary/aromatic N) is 4.